The van der Waals surface area contributed by atoms with E-state index in [0.29, 0.717) is 24.0 Å². The molecule has 136 valence electrons. The molecule has 1 N–H and O–H groups in total. The second-order valence-electron chi connectivity index (χ2n) is 6.71. The highest BCUT2D eigenvalue weighted by Gasteiger charge is 2.40. The summed E-state index contributed by atoms with van der Waals surface area (Å²) in [6.45, 7) is 2.62. The third kappa shape index (κ3) is 2.85. The molecule has 1 aromatic carbocycles. The number of pyridine rings is 1. The predicted molar refractivity (Wildman–Crippen MR) is 103 cm³/mol. The van der Waals surface area contributed by atoms with Crippen LogP contribution >= 0.6 is 11.3 Å². The van der Waals surface area contributed by atoms with E-state index in [1.165, 1.54) is 4.31 Å². The van der Waals surface area contributed by atoms with Crippen molar-refractivity contribution in [3.63, 3.8) is 0 Å². The first-order valence-corrected chi connectivity index (χ1v) is 10.9. The quantitative estimate of drug-likeness (QED) is 0.746. The molecule has 1 fully saturated rings. The lowest BCUT2D eigenvalue weighted by atomic mass is 9.92. The van der Waals surface area contributed by atoms with Gasteiger partial charge in [-0.3, -0.25) is 4.98 Å². The number of hydrogen-bond donors (Lipinski definition) is 1. The average Bonchev–Trinajstić information content (AvgIpc) is 3.31. The lowest BCUT2D eigenvalue weighted by Crippen LogP contribution is -2.29. The standard InChI is InChI=1S/C19H20N2O3S2/c1-13-4-5-18(16-3-2-7-20-19(13)16)26(23,24)21-9-15(11-22)17(10-21)14-6-8-25-12-14/h2-8,12,15,17,22H,9-11H2,1H3/t15-,17+/m0/s1. The van der Waals surface area contributed by atoms with Crippen LogP contribution in [0.3, 0.4) is 0 Å². The molecule has 2 aromatic heterocycles. The summed E-state index contributed by atoms with van der Waals surface area (Å²) in [7, 11) is -3.66. The van der Waals surface area contributed by atoms with Gasteiger partial charge in [0.25, 0.3) is 0 Å². The van der Waals surface area contributed by atoms with Gasteiger partial charge in [0, 0.05) is 43.1 Å². The molecule has 0 aliphatic carbocycles. The molecule has 2 atom stereocenters. The minimum Gasteiger partial charge on any atom is -0.396 e. The van der Waals surface area contributed by atoms with Crippen LogP contribution in [-0.2, 0) is 10.0 Å². The number of aliphatic hydroxyl groups excluding tert-OH is 1. The van der Waals surface area contributed by atoms with E-state index in [4.69, 9.17) is 0 Å². The van der Waals surface area contributed by atoms with Gasteiger partial charge >= 0.3 is 0 Å². The molecule has 0 spiro atoms. The Bertz CT molecular complexity index is 1030. The van der Waals surface area contributed by atoms with Gasteiger partial charge < -0.3 is 5.11 Å². The largest absolute Gasteiger partial charge is 0.396 e. The highest BCUT2D eigenvalue weighted by atomic mass is 32.2. The molecule has 1 aliphatic heterocycles. The zero-order chi connectivity index (χ0) is 18.3. The summed E-state index contributed by atoms with van der Waals surface area (Å²) in [5.74, 6) is -0.0647. The summed E-state index contributed by atoms with van der Waals surface area (Å²) in [5.41, 5.74) is 2.76. The Morgan fingerprint density at radius 2 is 2.12 bits per heavy atom. The molecule has 0 saturated carbocycles. The van der Waals surface area contributed by atoms with Crippen LogP contribution in [0.15, 0.2) is 52.2 Å². The number of aliphatic hydroxyl groups is 1. The average molecular weight is 389 g/mol. The predicted octanol–water partition coefficient (Wildman–Crippen LogP) is 3.00. The summed E-state index contributed by atoms with van der Waals surface area (Å²) in [6, 6.07) is 9.05. The fourth-order valence-electron chi connectivity index (χ4n) is 3.73. The van der Waals surface area contributed by atoms with E-state index in [0.717, 1.165) is 11.1 Å². The summed E-state index contributed by atoms with van der Waals surface area (Å²) in [6.07, 6.45) is 1.68. The van der Waals surface area contributed by atoms with Crippen molar-refractivity contribution in [1.82, 2.24) is 9.29 Å². The molecule has 0 radical (unpaired) electrons. The molecule has 0 amide bonds. The summed E-state index contributed by atoms with van der Waals surface area (Å²) in [5, 5.41) is 14.4. The van der Waals surface area contributed by atoms with Gasteiger partial charge in [-0.1, -0.05) is 6.07 Å². The second-order valence-corrected chi connectivity index (χ2v) is 9.39. The van der Waals surface area contributed by atoms with Crippen LogP contribution in [0, 0.1) is 12.8 Å². The van der Waals surface area contributed by atoms with Gasteiger partial charge in [0.2, 0.25) is 10.0 Å². The van der Waals surface area contributed by atoms with E-state index in [2.05, 4.69) is 4.98 Å². The van der Waals surface area contributed by atoms with Gasteiger partial charge in [0.1, 0.15) is 0 Å². The molecule has 5 nitrogen and oxygen atoms in total. The van der Waals surface area contributed by atoms with Gasteiger partial charge in [-0.2, -0.15) is 15.6 Å². The first-order chi connectivity index (χ1) is 12.5. The van der Waals surface area contributed by atoms with Crippen molar-refractivity contribution < 1.29 is 13.5 Å². The lowest BCUT2D eigenvalue weighted by Gasteiger charge is -2.18. The molecule has 0 unspecified atom stereocenters. The highest BCUT2D eigenvalue weighted by molar-refractivity contribution is 7.89. The Balaban J connectivity index is 1.75. The van der Waals surface area contributed by atoms with Crippen molar-refractivity contribution in [1.29, 1.82) is 0 Å². The lowest BCUT2D eigenvalue weighted by molar-refractivity contribution is 0.223. The van der Waals surface area contributed by atoms with Crippen LogP contribution < -0.4 is 0 Å². The number of fused-ring (bicyclic) bond motifs is 1. The first-order valence-electron chi connectivity index (χ1n) is 8.50. The maximum absolute atomic E-state index is 13.4. The number of rotatable bonds is 4. The smallest absolute Gasteiger partial charge is 0.243 e. The molecular weight excluding hydrogens is 368 g/mol. The van der Waals surface area contributed by atoms with E-state index in [1.807, 2.05) is 23.8 Å². The van der Waals surface area contributed by atoms with Crippen molar-refractivity contribution in [3.05, 3.63) is 58.4 Å². The number of hydrogen-bond acceptors (Lipinski definition) is 5. The SMILES string of the molecule is Cc1ccc(S(=O)(=O)N2C[C@@H](CO)[C@@H](c3ccsc3)C2)c2cccnc12. The summed E-state index contributed by atoms with van der Waals surface area (Å²) < 4.78 is 28.2. The Hall–Kier alpha value is -1.80. The van der Waals surface area contributed by atoms with E-state index < -0.39 is 10.0 Å². The normalized spacial score (nSPS) is 21.5. The molecule has 1 saturated heterocycles. The van der Waals surface area contributed by atoms with Gasteiger partial charge in [0.15, 0.2) is 0 Å². The van der Waals surface area contributed by atoms with Crippen LogP contribution in [-0.4, -0.2) is 42.5 Å². The van der Waals surface area contributed by atoms with Crippen molar-refractivity contribution in [2.24, 2.45) is 5.92 Å². The summed E-state index contributed by atoms with van der Waals surface area (Å²) >= 11 is 1.59. The van der Waals surface area contributed by atoms with Crippen molar-refractivity contribution in [2.75, 3.05) is 19.7 Å². The summed E-state index contributed by atoms with van der Waals surface area (Å²) in [4.78, 5) is 4.63. The third-order valence-electron chi connectivity index (χ3n) is 5.16. The Morgan fingerprint density at radius 3 is 2.85 bits per heavy atom. The monoisotopic (exact) mass is 388 g/mol. The maximum Gasteiger partial charge on any atom is 0.243 e. The number of thiophene rings is 1. The Labute approximate surface area is 157 Å². The molecular formula is C19H20N2O3S2. The van der Waals surface area contributed by atoms with Crippen molar-refractivity contribution in [2.45, 2.75) is 17.7 Å². The number of aryl methyl sites for hydroxylation is 1. The molecule has 7 heteroatoms. The van der Waals surface area contributed by atoms with Gasteiger partial charge in [-0.05, 0) is 53.1 Å². The topological polar surface area (TPSA) is 70.5 Å². The number of sulfonamides is 1. The van der Waals surface area contributed by atoms with Crippen molar-refractivity contribution in [3.8, 4) is 0 Å². The van der Waals surface area contributed by atoms with Crippen LogP contribution in [0.2, 0.25) is 0 Å². The maximum atomic E-state index is 13.4. The van der Waals surface area contributed by atoms with Gasteiger partial charge in [0.05, 0.1) is 10.4 Å². The fraction of sp³-hybridized carbons (Fsp3) is 0.316. The van der Waals surface area contributed by atoms with E-state index in [-0.39, 0.29) is 23.3 Å². The van der Waals surface area contributed by atoms with Crippen LogP contribution in [0.4, 0.5) is 0 Å². The van der Waals surface area contributed by atoms with Crippen LogP contribution in [0.25, 0.3) is 10.9 Å². The minimum atomic E-state index is -3.66. The number of benzene rings is 1. The van der Waals surface area contributed by atoms with Crippen LogP contribution in [0.1, 0.15) is 17.0 Å². The Kier molecular flexibility index (Phi) is 4.56. The van der Waals surface area contributed by atoms with E-state index >= 15 is 0 Å². The molecule has 0 bridgehead atoms. The highest BCUT2D eigenvalue weighted by Crippen LogP contribution is 2.37. The number of nitrogens with zero attached hydrogens (tertiary/aromatic N) is 2. The van der Waals surface area contributed by atoms with Crippen LogP contribution in [0.5, 0.6) is 0 Å². The zero-order valence-electron chi connectivity index (χ0n) is 14.4. The minimum absolute atomic E-state index is 0.0239. The molecule has 26 heavy (non-hydrogen) atoms. The third-order valence-corrected chi connectivity index (χ3v) is 7.75. The molecule has 3 aromatic rings. The Morgan fingerprint density at radius 1 is 1.27 bits per heavy atom. The second kappa shape index (κ2) is 6.74. The molecule has 1 aliphatic rings. The van der Waals surface area contributed by atoms with Crippen molar-refractivity contribution >= 4 is 32.3 Å². The molecule has 4 rings (SSSR count). The fourth-order valence-corrected chi connectivity index (χ4v) is 6.16. The van der Waals surface area contributed by atoms with E-state index in [1.54, 1.807) is 41.8 Å². The zero-order valence-corrected chi connectivity index (χ0v) is 16.0. The first kappa shape index (κ1) is 17.6. The molecule has 3 heterocycles. The number of aromatic nitrogens is 1. The van der Waals surface area contributed by atoms with Gasteiger partial charge in [-0.25, -0.2) is 8.42 Å². The van der Waals surface area contributed by atoms with E-state index in [9.17, 15) is 13.5 Å². The van der Waals surface area contributed by atoms with Gasteiger partial charge in [-0.15, -0.1) is 0 Å².